The maximum atomic E-state index is 12.0. The normalized spacial score (nSPS) is 14.6. The van der Waals surface area contributed by atoms with Crippen LogP contribution < -0.4 is 0 Å². The van der Waals surface area contributed by atoms with Gasteiger partial charge in [0, 0.05) is 12.6 Å². The van der Waals surface area contributed by atoms with E-state index in [1.54, 1.807) is 4.90 Å². The molecule has 1 saturated carbocycles. The first-order valence-corrected chi connectivity index (χ1v) is 5.54. The average molecular weight is 238 g/mol. The van der Waals surface area contributed by atoms with Crippen molar-refractivity contribution in [3.05, 3.63) is 11.9 Å². The monoisotopic (exact) mass is 238 g/mol. The molecule has 1 amide bonds. The molecule has 2 rings (SSSR count). The largest absolute Gasteiger partial charge is 0.480 e. The molecule has 0 spiro atoms. The standard InChI is InChI=1S/C10H14N4O3/c1-2-14(7-3-4-7)10(17)8-5-13(12-11-8)6-9(15)16/h5,7H,2-4,6H2,1H3,(H,15,16). The summed E-state index contributed by atoms with van der Waals surface area (Å²) in [7, 11) is 0. The van der Waals surface area contributed by atoms with Crippen LogP contribution in [0.1, 0.15) is 30.3 Å². The molecule has 1 aliphatic rings. The van der Waals surface area contributed by atoms with Crippen LogP contribution in [0.15, 0.2) is 6.20 Å². The third-order valence-corrected chi connectivity index (χ3v) is 2.64. The van der Waals surface area contributed by atoms with Crippen molar-refractivity contribution in [2.24, 2.45) is 0 Å². The lowest BCUT2D eigenvalue weighted by Gasteiger charge is -2.18. The van der Waals surface area contributed by atoms with Crippen molar-refractivity contribution in [2.45, 2.75) is 32.4 Å². The number of nitrogens with zero attached hydrogens (tertiary/aromatic N) is 4. The van der Waals surface area contributed by atoms with Crippen molar-refractivity contribution in [3.8, 4) is 0 Å². The van der Waals surface area contributed by atoms with Crippen LogP contribution in [-0.2, 0) is 11.3 Å². The molecule has 0 radical (unpaired) electrons. The molecule has 1 heterocycles. The molecule has 1 aromatic rings. The number of carboxylic acids is 1. The minimum absolute atomic E-state index is 0.174. The summed E-state index contributed by atoms with van der Waals surface area (Å²) >= 11 is 0. The average Bonchev–Trinajstić information content (AvgIpc) is 2.99. The number of carbonyl (C=O) groups excluding carboxylic acids is 1. The van der Waals surface area contributed by atoms with E-state index in [0.717, 1.165) is 17.5 Å². The second-order valence-electron chi connectivity index (χ2n) is 4.02. The molecular formula is C10H14N4O3. The van der Waals surface area contributed by atoms with E-state index >= 15 is 0 Å². The van der Waals surface area contributed by atoms with Gasteiger partial charge in [-0.15, -0.1) is 5.10 Å². The minimum atomic E-state index is -1.01. The molecule has 0 saturated heterocycles. The maximum Gasteiger partial charge on any atom is 0.325 e. The topological polar surface area (TPSA) is 88.3 Å². The lowest BCUT2D eigenvalue weighted by atomic mass is 10.3. The first-order chi connectivity index (χ1) is 8.11. The number of amides is 1. The first-order valence-electron chi connectivity index (χ1n) is 5.54. The summed E-state index contributed by atoms with van der Waals surface area (Å²) in [5.74, 6) is -1.19. The van der Waals surface area contributed by atoms with Crippen molar-refractivity contribution < 1.29 is 14.7 Å². The van der Waals surface area contributed by atoms with Crippen LogP contribution in [0.2, 0.25) is 0 Å². The molecule has 0 aliphatic heterocycles. The van der Waals surface area contributed by atoms with Crippen LogP contribution in [0.4, 0.5) is 0 Å². The number of aliphatic carboxylic acids is 1. The van der Waals surface area contributed by atoms with Gasteiger partial charge in [-0.25, -0.2) is 4.68 Å². The lowest BCUT2D eigenvalue weighted by Crippen LogP contribution is -2.33. The minimum Gasteiger partial charge on any atom is -0.480 e. The van der Waals surface area contributed by atoms with Gasteiger partial charge in [0.15, 0.2) is 5.69 Å². The third-order valence-electron chi connectivity index (χ3n) is 2.64. The Hall–Kier alpha value is -1.92. The van der Waals surface area contributed by atoms with Gasteiger partial charge in [-0.3, -0.25) is 9.59 Å². The van der Waals surface area contributed by atoms with E-state index in [1.165, 1.54) is 6.20 Å². The fourth-order valence-corrected chi connectivity index (χ4v) is 1.71. The summed E-state index contributed by atoms with van der Waals surface area (Å²) in [6.07, 6.45) is 3.44. The van der Waals surface area contributed by atoms with E-state index < -0.39 is 5.97 Å². The molecule has 0 aromatic carbocycles. The summed E-state index contributed by atoms with van der Waals surface area (Å²) in [5, 5.41) is 15.9. The Balaban J connectivity index is 2.07. The second kappa shape index (κ2) is 4.52. The van der Waals surface area contributed by atoms with E-state index in [4.69, 9.17) is 5.11 Å². The summed E-state index contributed by atoms with van der Waals surface area (Å²) < 4.78 is 1.15. The van der Waals surface area contributed by atoms with Crippen LogP contribution in [0, 0.1) is 0 Å². The Kier molecular flexibility index (Phi) is 3.08. The lowest BCUT2D eigenvalue weighted by molar-refractivity contribution is -0.137. The van der Waals surface area contributed by atoms with Gasteiger partial charge in [0.05, 0.1) is 6.20 Å². The Bertz CT molecular complexity index is 439. The Labute approximate surface area is 98.0 Å². The molecule has 1 aromatic heterocycles. The van der Waals surface area contributed by atoms with Gasteiger partial charge in [0.1, 0.15) is 6.54 Å². The highest BCUT2D eigenvalue weighted by molar-refractivity contribution is 5.92. The van der Waals surface area contributed by atoms with E-state index in [1.807, 2.05) is 6.92 Å². The van der Waals surface area contributed by atoms with Gasteiger partial charge in [-0.1, -0.05) is 5.21 Å². The smallest absolute Gasteiger partial charge is 0.325 e. The summed E-state index contributed by atoms with van der Waals surface area (Å²) in [6, 6.07) is 0.317. The maximum absolute atomic E-state index is 12.0. The number of rotatable bonds is 5. The Morgan fingerprint density at radius 3 is 2.82 bits per heavy atom. The second-order valence-corrected chi connectivity index (χ2v) is 4.02. The highest BCUT2D eigenvalue weighted by atomic mass is 16.4. The van der Waals surface area contributed by atoms with Crippen molar-refractivity contribution in [1.82, 2.24) is 19.9 Å². The van der Waals surface area contributed by atoms with Gasteiger partial charge in [0.2, 0.25) is 0 Å². The van der Waals surface area contributed by atoms with Crippen molar-refractivity contribution in [2.75, 3.05) is 6.54 Å². The van der Waals surface area contributed by atoms with E-state index in [-0.39, 0.29) is 18.1 Å². The fourth-order valence-electron chi connectivity index (χ4n) is 1.71. The SMILES string of the molecule is CCN(C(=O)c1cn(CC(=O)O)nn1)C1CC1. The summed E-state index contributed by atoms with van der Waals surface area (Å²) in [4.78, 5) is 24.2. The fraction of sp³-hybridized carbons (Fsp3) is 0.600. The van der Waals surface area contributed by atoms with Crippen LogP contribution in [0.3, 0.4) is 0 Å². The van der Waals surface area contributed by atoms with Crippen LogP contribution in [-0.4, -0.2) is 49.5 Å². The zero-order valence-electron chi connectivity index (χ0n) is 9.54. The van der Waals surface area contributed by atoms with Gasteiger partial charge in [-0.2, -0.15) is 0 Å². The molecular weight excluding hydrogens is 224 g/mol. The van der Waals surface area contributed by atoms with Crippen molar-refractivity contribution in [3.63, 3.8) is 0 Å². The zero-order valence-corrected chi connectivity index (χ0v) is 9.54. The van der Waals surface area contributed by atoms with Gasteiger partial charge >= 0.3 is 5.97 Å². The third kappa shape index (κ3) is 2.61. The molecule has 7 nitrogen and oxygen atoms in total. The molecule has 17 heavy (non-hydrogen) atoms. The van der Waals surface area contributed by atoms with Crippen molar-refractivity contribution >= 4 is 11.9 Å². The van der Waals surface area contributed by atoms with Crippen molar-refractivity contribution in [1.29, 1.82) is 0 Å². The molecule has 0 bridgehead atoms. The highest BCUT2D eigenvalue weighted by Crippen LogP contribution is 2.27. The van der Waals surface area contributed by atoms with Crippen LogP contribution >= 0.6 is 0 Å². The molecule has 92 valence electrons. The van der Waals surface area contributed by atoms with Gasteiger partial charge in [0.25, 0.3) is 5.91 Å². The van der Waals surface area contributed by atoms with Crippen LogP contribution in [0.25, 0.3) is 0 Å². The highest BCUT2D eigenvalue weighted by Gasteiger charge is 2.32. The molecule has 7 heteroatoms. The number of hydrogen-bond acceptors (Lipinski definition) is 4. The van der Waals surface area contributed by atoms with Crippen LogP contribution in [0.5, 0.6) is 0 Å². The van der Waals surface area contributed by atoms with Gasteiger partial charge in [-0.05, 0) is 19.8 Å². The molecule has 1 fully saturated rings. The summed E-state index contributed by atoms with van der Waals surface area (Å²) in [6.45, 7) is 2.27. The predicted molar refractivity (Wildman–Crippen MR) is 57.4 cm³/mol. The molecule has 0 unspecified atom stereocenters. The quantitative estimate of drug-likeness (QED) is 0.779. The number of hydrogen-bond donors (Lipinski definition) is 1. The number of carboxylic acid groups (broad SMARTS) is 1. The number of aromatic nitrogens is 3. The molecule has 1 aliphatic carbocycles. The van der Waals surface area contributed by atoms with E-state index in [2.05, 4.69) is 10.3 Å². The van der Waals surface area contributed by atoms with Gasteiger partial charge < -0.3 is 10.0 Å². The molecule has 1 N–H and O–H groups in total. The number of carbonyl (C=O) groups is 2. The van der Waals surface area contributed by atoms with E-state index in [0.29, 0.717) is 12.6 Å². The first kappa shape index (κ1) is 11.6. The zero-order chi connectivity index (χ0) is 12.4. The van der Waals surface area contributed by atoms with E-state index in [9.17, 15) is 9.59 Å². The molecule has 0 atom stereocenters. The Morgan fingerprint density at radius 2 is 2.29 bits per heavy atom. The Morgan fingerprint density at radius 1 is 1.59 bits per heavy atom. The predicted octanol–water partition coefficient (Wildman–Crippen LogP) is -0.0128. The summed E-state index contributed by atoms with van der Waals surface area (Å²) in [5.41, 5.74) is 0.208.